The summed E-state index contributed by atoms with van der Waals surface area (Å²) in [4.78, 5) is 11.6. The molecular weight excluding hydrogens is 490 g/mol. The van der Waals surface area contributed by atoms with E-state index in [0.717, 1.165) is 42.6 Å². The van der Waals surface area contributed by atoms with Crippen LogP contribution in [-0.4, -0.2) is 52.5 Å². The van der Waals surface area contributed by atoms with Gasteiger partial charge in [0.15, 0.2) is 5.96 Å². The van der Waals surface area contributed by atoms with Gasteiger partial charge in [-0.1, -0.05) is 0 Å². The van der Waals surface area contributed by atoms with E-state index < -0.39 is 0 Å². The number of guanidine groups is 1. The third-order valence-electron chi connectivity index (χ3n) is 4.33. The zero-order chi connectivity index (χ0) is 19.3. The van der Waals surface area contributed by atoms with Crippen LogP contribution in [0.1, 0.15) is 26.5 Å². The minimum atomic E-state index is -0.268. The minimum Gasteiger partial charge on any atom is -0.444 e. The standard InChI is InChI=1S/C20H27FN4OS.HI/c1-4-22-19(25-11-12-27-20(2,3)14-25)23-10-9-17-13-26-18(24-17)15-5-7-16(21)8-6-15;/h5-8,13H,4,9-12,14H2,1-3H3,(H,22,23);1H. The highest BCUT2D eigenvalue weighted by atomic mass is 127. The van der Waals surface area contributed by atoms with Crippen LogP contribution in [0.3, 0.4) is 0 Å². The number of halogens is 2. The molecule has 0 radical (unpaired) electrons. The van der Waals surface area contributed by atoms with Crippen LogP contribution in [0.25, 0.3) is 11.5 Å². The smallest absolute Gasteiger partial charge is 0.226 e. The second-order valence-corrected chi connectivity index (χ2v) is 8.97. The predicted octanol–water partition coefficient (Wildman–Crippen LogP) is 4.43. The van der Waals surface area contributed by atoms with Crippen molar-refractivity contribution in [1.82, 2.24) is 15.2 Å². The van der Waals surface area contributed by atoms with E-state index in [4.69, 9.17) is 9.41 Å². The molecule has 1 fully saturated rings. The maximum Gasteiger partial charge on any atom is 0.226 e. The lowest BCUT2D eigenvalue weighted by atomic mass is 10.2. The first kappa shape index (κ1) is 23.0. The van der Waals surface area contributed by atoms with Gasteiger partial charge in [-0.3, -0.25) is 4.99 Å². The molecule has 1 saturated heterocycles. The second kappa shape index (κ2) is 10.5. The predicted molar refractivity (Wildman–Crippen MR) is 125 cm³/mol. The normalized spacial score (nSPS) is 16.6. The summed E-state index contributed by atoms with van der Waals surface area (Å²) in [7, 11) is 0. The molecule has 1 aromatic heterocycles. The first-order chi connectivity index (χ1) is 13.0. The van der Waals surface area contributed by atoms with Gasteiger partial charge < -0.3 is 14.6 Å². The number of benzene rings is 1. The number of nitrogens with one attached hydrogen (secondary N) is 1. The van der Waals surface area contributed by atoms with Crippen molar-refractivity contribution in [2.45, 2.75) is 31.9 Å². The summed E-state index contributed by atoms with van der Waals surface area (Å²) in [5.41, 5.74) is 1.62. The van der Waals surface area contributed by atoms with E-state index >= 15 is 0 Å². The molecule has 1 aliphatic rings. The molecule has 154 valence electrons. The van der Waals surface area contributed by atoms with E-state index in [1.165, 1.54) is 12.1 Å². The zero-order valence-corrected chi connectivity index (χ0v) is 19.7. The largest absolute Gasteiger partial charge is 0.444 e. The molecule has 0 bridgehead atoms. The van der Waals surface area contributed by atoms with Crippen molar-refractivity contribution in [2.75, 3.05) is 31.9 Å². The molecule has 0 atom stereocenters. The van der Waals surface area contributed by atoms with E-state index in [0.29, 0.717) is 18.9 Å². The summed E-state index contributed by atoms with van der Waals surface area (Å²) < 4.78 is 18.8. The van der Waals surface area contributed by atoms with Crippen LogP contribution >= 0.6 is 35.7 Å². The highest BCUT2D eigenvalue weighted by Crippen LogP contribution is 2.29. The Morgan fingerprint density at radius 1 is 1.36 bits per heavy atom. The molecule has 0 aliphatic carbocycles. The van der Waals surface area contributed by atoms with E-state index in [1.807, 2.05) is 11.8 Å². The Kier molecular flexibility index (Phi) is 8.60. The minimum absolute atomic E-state index is 0. The molecule has 0 spiro atoms. The van der Waals surface area contributed by atoms with Gasteiger partial charge in [0, 0.05) is 48.7 Å². The van der Waals surface area contributed by atoms with E-state index in [2.05, 4.69) is 36.0 Å². The molecule has 1 aliphatic heterocycles. The molecule has 28 heavy (non-hydrogen) atoms. The van der Waals surface area contributed by atoms with Gasteiger partial charge in [-0.2, -0.15) is 11.8 Å². The number of aromatic nitrogens is 1. The fraction of sp³-hybridized carbons (Fsp3) is 0.500. The Bertz CT molecular complexity index is 779. The van der Waals surface area contributed by atoms with Crippen molar-refractivity contribution < 1.29 is 8.81 Å². The summed E-state index contributed by atoms with van der Waals surface area (Å²) in [5.74, 6) is 2.32. The van der Waals surface area contributed by atoms with Crippen LogP contribution in [0.5, 0.6) is 0 Å². The lowest BCUT2D eigenvalue weighted by Gasteiger charge is -2.39. The van der Waals surface area contributed by atoms with Gasteiger partial charge in [0.25, 0.3) is 0 Å². The molecule has 5 nitrogen and oxygen atoms in total. The number of nitrogens with zero attached hydrogens (tertiary/aromatic N) is 3. The fourth-order valence-electron chi connectivity index (χ4n) is 3.05. The summed E-state index contributed by atoms with van der Waals surface area (Å²) in [6.07, 6.45) is 2.35. The highest BCUT2D eigenvalue weighted by Gasteiger charge is 2.28. The number of hydrogen-bond acceptors (Lipinski definition) is 4. The summed E-state index contributed by atoms with van der Waals surface area (Å²) in [6, 6.07) is 6.15. The number of thioether (sulfide) groups is 1. The van der Waals surface area contributed by atoms with Gasteiger partial charge in [-0.15, -0.1) is 24.0 Å². The number of oxazole rings is 1. The molecule has 0 saturated carbocycles. The van der Waals surface area contributed by atoms with Crippen LogP contribution in [-0.2, 0) is 6.42 Å². The van der Waals surface area contributed by atoms with Crippen LogP contribution < -0.4 is 5.32 Å². The van der Waals surface area contributed by atoms with Gasteiger partial charge in [0.1, 0.15) is 12.1 Å². The SMILES string of the molecule is CCNC(=NCCc1coc(-c2ccc(F)cc2)n1)N1CCSC(C)(C)C1.I. The van der Waals surface area contributed by atoms with E-state index in [-0.39, 0.29) is 34.5 Å². The quantitative estimate of drug-likeness (QED) is 0.361. The van der Waals surface area contributed by atoms with Crippen molar-refractivity contribution in [2.24, 2.45) is 4.99 Å². The average molecular weight is 518 g/mol. The van der Waals surface area contributed by atoms with Crippen molar-refractivity contribution in [3.63, 3.8) is 0 Å². The number of aliphatic imine (C=N–C) groups is 1. The van der Waals surface area contributed by atoms with Crippen LogP contribution in [0.15, 0.2) is 39.9 Å². The van der Waals surface area contributed by atoms with Crippen LogP contribution in [0.2, 0.25) is 0 Å². The summed E-state index contributed by atoms with van der Waals surface area (Å²) >= 11 is 2.01. The third-order valence-corrected chi connectivity index (χ3v) is 5.63. The average Bonchev–Trinajstić information content (AvgIpc) is 3.09. The summed E-state index contributed by atoms with van der Waals surface area (Å²) in [6.45, 7) is 10.1. The molecule has 2 aromatic rings. The number of hydrogen-bond donors (Lipinski definition) is 1. The molecule has 0 amide bonds. The molecule has 1 aromatic carbocycles. The Balaban J connectivity index is 0.00000280. The van der Waals surface area contributed by atoms with Crippen molar-refractivity contribution in [3.8, 4) is 11.5 Å². The van der Waals surface area contributed by atoms with Gasteiger partial charge in [0.05, 0.1) is 5.69 Å². The van der Waals surface area contributed by atoms with Crippen molar-refractivity contribution in [3.05, 3.63) is 42.0 Å². The molecule has 3 rings (SSSR count). The first-order valence-electron chi connectivity index (χ1n) is 9.34. The lowest BCUT2D eigenvalue weighted by molar-refractivity contribution is 0.376. The Morgan fingerprint density at radius 2 is 2.11 bits per heavy atom. The molecular formula is C20H28FIN4OS. The highest BCUT2D eigenvalue weighted by molar-refractivity contribution is 14.0. The van der Waals surface area contributed by atoms with Gasteiger partial charge in [-0.05, 0) is 45.0 Å². The Hall–Kier alpha value is -1.29. The van der Waals surface area contributed by atoms with Crippen molar-refractivity contribution >= 4 is 41.7 Å². The van der Waals surface area contributed by atoms with Gasteiger partial charge >= 0.3 is 0 Å². The second-order valence-electron chi connectivity index (χ2n) is 7.17. The van der Waals surface area contributed by atoms with E-state index in [1.54, 1.807) is 18.4 Å². The first-order valence-corrected chi connectivity index (χ1v) is 10.3. The summed E-state index contributed by atoms with van der Waals surface area (Å²) in [5, 5.41) is 3.40. The molecule has 0 unspecified atom stereocenters. The monoisotopic (exact) mass is 518 g/mol. The fourth-order valence-corrected chi connectivity index (χ4v) is 4.16. The molecule has 1 N–H and O–H groups in total. The molecule has 2 heterocycles. The van der Waals surface area contributed by atoms with E-state index in [9.17, 15) is 4.39 Å². The maximum absolute atomic E-state index is 13.0. The van der Waals surface area contributed by atoms with Gasteiger partial charge in [-0.25, -0.2) is 9.37 Å². The molecule has 8 heteroatoms. The third kappa shape index (κ3) is 6.37. The lowest BCUT2D eigenvalue weighted by Crippen LogP contribution is -2.51. The van der Waals surface area contributed by atoms with Crippen molar-refractivity contribution in [1.29, 1.82) is 0 Å². The zero-order valence-electron chi connectivity index (χ0n) is 16.6. The van der Waals surface area contributed by atoms with Crippen LogP contribution in [0.4, 0.5) is 4.39 Å². The number of rotatable bonds is 5. The van der Waals surface area contributed by atoms with Gasteiger partial charge in [0.2, 0.25) is 5.89 Å². The topological polar surface area (TPSA) is 53.7 Å². The maximum atomic E-state index is 13.0. The Morgan fingerprint density at radius 3 is 2.79 bits per heavy atom. The Labute approximate surface area is 187 Å². The van der Waals surface area contributed by atoms with Crippen LogP contribution in [0, 0.1) is 5.82 Å².